The Bertz CT molecular complexity index is 628. The van der Waals surface area contributed by atoms with E-state index >= 15 is 0 Å². The summed E-state index contributed by atoms with van der Waals surface area (Å²) in [6.07, 6.45) is 0. The standard InChI is InChI=1S/C13H9BrClFN2O/c14-8-3-7(4-9(16)5-8)13(19)18-10-1-2-12(17)11(15)6-10/h1-6H,17H2,(H,18,19). The van der Waals surface area contributed by atoms with E-state index in [1.165, 1.54) is 18.2 Å². The smallest absolute Gasteiger partial charge is 0.255 e. The van der Waals surface area contributed by atoms with Gasteiger partial charge < -0.3 is 11.1 Å². The van der Waals surface area contributed by atoms with E-state index in [1.807, 2.05) is 0 Å². The van der Waals surface area contributed by atoms with Crippen LogP contribution in [0.5, 0.6) is 0 Å². The molecule has 6 heteroatoms. The Morgan fingerprint density at radius 3 is 2.63 bits per heavy atom. The lowest BCUT2D eigenvalue weighted by Crippen LogP contribution is -2.12. The Morgan fingerprint density at radius 1 is 1.26 bits per heavy atom. The molecule has 0 fully saturated rings. The SMILES string of the molecule is Nc1ccc(NC(=O)c2cc(F)cc(Br)c2)cc1Cl. The first-order valence-corrected chi connectivity index (χ1v) is 6.45. The van der Waals surface area contributed by atoms with E-state index in [4.69, 9.17) is 17.3 Å². The second-order valence-electron chi connectivity index (χ2n) is 3.85. The summed E-state index contributed by atoms with van der Waals surface area (Å²) in [5, 5.41) is 2.96. The van der Waals surface area contributed by atoms with E-state index < -0.39 is 11.7 Å². The van der Waals surface area contributed by atoms with E-state index in [0.717, 1.165) is 6.07 Å². The number of anilines is 2. The summed E-state index contributed by atoms with van der Waals surface area (Å²) in [4.78, 5) is 11.9. The highest BCUT2D eigenvalue weighted by Gasteiger charge is 2.09. The molecule has 2 aromatic carbocycles. The fourth-order valence-corrected chi connectivity index (χ4v) is 2.14. The van der Waals surface area contributed by atoms with Crippen LogP contribution in [0.15, 0.2) is 40.9 Å². The molecule has 0 aliphatic rings. The molecule has 19 heavy (non-hydrogen) atoms. The van der Waals surface area contributed by atoms with Gasteiger partial charge in [-0.1, -0.05) is 27.5 Å². The number of benzene rings is 2. The summed E-state index contributed by atoms with van der Waals surface area (Å²) >= 11 is 8.98. The molecule has 0 saturated carbocycles. The molecule has 0 aromatic heterocycles. The number of amides is 1. The summed E-state index contributed by atoms with van der Waals surface area (Å²) in [6.45, 7) is 0. The van der Waals surface area contributed by atoms with Crippen LogP contribution in [0.25, 0.3) is 0 Å². The van der Waals surface area contributed by atoms with Crippen molar-refractivity contribution in [1.29, 1.82) is 0 Å². The van der Waals surface area contributed by atoms with E-state index in [9.17, 15) is 9.18 Å². The molecule has 98 valence electrons. The van der Waals surface area contributed by atoms with Crippen LogP contribution in [0.4, 0.5) is 15.8 Å². The average Bonchev–Trinajstić information content (AvgIpc) is 2.32. The van der Waals surface area contributed by atoms with Gasteiger partial charge in [-0.15, -0.1) is 0 Å². The minimum atomic E-state index is -0.491. The topological polar surface area (TPSA) is 55.1 Å². The minimum absolute atomic E-state index is 0.208. The van der Waals surface area contributed by atoms with Crippen molar-refractivity contribution in [1.82, 2.24) is 0 Å². The lowest BCUT2D eigenvalue weighted by Gasteiger charge is -2.07. The van der Waals surface area contributed by atoms with Crippen LogP contribution in [-0.4, -0.2) is 5.91 Å². The molecule has 0 spiro atoms. The maximum absolute atomic E-state index is 13.2. The van der Waals surface area contributed by atoms with Gasteiger partial charge in [0.1, 0.15) is 5.82 Å². The second-order valence-corrected chi connectivity index (χ2v) is 5.17. The van der Waals surface area contributed by atoms with Gasteiger partial charge in [-0.05, 0) is 36.4 Å². The summed E-state index contributed by atoms with van der Waals surface area (Å²) in [7, 11) is 0. The lowest BCUT2D eigenvalue weighted by atomic mass is 10.2. The van der Waals surface area contributed by atoms with Gasteiger partial charge >= 0.3 is 0 Å². The third-order valence-corrected chi connectivity index (χ3v) is 3.17. The number of nitrogen functional groups attached to an aromatic ring is 1. The summed E-state index contributed by atoms with van der Waals surface area (Å²) in [6, 6.07) is 8.68. The molecular weight excluding hydrogens is 335 g/mol. The molecule has 0 saturated heterocycles. The molecule has 1 amide bonds. The molecule has 3 N–H and O–H groups in total. The molecular formula is C13H9BrClFN2O. The summed E-state index contributed by atoms with van der Waals surface area (Å²) in [5.74, 6) is -0.920. The molecule has 0 bridgehead atoms. The van der Waals surface area contributed by atoms with Crippen molar-refractivity contribution in [3.63, 3.8) is 0 Å². The summed E-state index contributed by atoms with van der Waals surface area (Å²) < 4.78 is 13.7. The predicted octanol–water partition coefficient (Wildman–Crippen LogP) is 4.08. The van der Waals surface area contributed by atoms with Crippen LogP contribution in [0, 0.1) is 5.82 Å². The molecule has 0 aliphatic heterocycles. The van der Waals surface area contributed by atoms with Crippen LogP contribution < -0.4 is 11.1 Å². The van der Waals surface area contributed by atoms with E-state index in [1.54, 1.807) is 12.1 Å². The zero-order valence-corrected chi connectivity index (χ0v) is 11.9. The van der Waals surface area contributed by atoms with Crippen molar-refractivity contribution in [3.05, 3.63) is 57.3 Å². The Morgan fingerprint density at radius 2 is 2.00 bits per heavy atom. The fraction of sp³-hybridized carbons (Fsp3) is 0. The molecule has 0 atom stereocenters. The lowest BCUT2D eigenvalue weighted by molar-refractivity contribution is 0.102. The Hall–Kier alpha value is -1.59. The van der Waals surface area contributed by atoms with Gasteiger partial charge in [0.05, 0.1) is 10.7 Å². The highest BCUT2D eigenvalue weighted by atomic mass is 79.9. The Balaban J connectivity index is 2.22. The van der Waals surface area contributed by atoms with Gasteiger partial charge in [-0.2, -0.15) is 0 Å². The van der Waals surface area contributed by atoms with Crippen molar-refractivity contribution in [2.75, 3.05) is 11.1 Å². The third kappa shape index (κ3) is 3.45. The van der Waals surface area contributed by atoms with Crippen molar-refractivity contribution >= 4 is 44.8 Å². The Labute approximate surface area is 122 Å². The first kappa shape index (κ1) is 13.8. The number of hydrogen-bond acceptors (Lipinski definition) is 2. The molecule has 0 aliphatic carbocycles. The van der Waals surface area contributed by atoms with E-state index in [0.29, 0.717) is 20.9 Å². The van der Waals surface area contributed by atoms with Crippen LogP contribution in [0.1, 0.15) is 10.4 Å². The van der Waals surface area contributed by atoms with Gasteiger partial charge in [0, 0.05) is 15.7 Å². The van der Waals surface area contributed by atoms with Crippen molar-refractivity contribution in [2.24, 2.45) is 0 Å². The maximum Gasteiger partial charge on any atom is 0.255 e. The number of halogens is 3. The molecule has 0 unspecified atom stereocenters. The first-order chi connectivity index (χ1) is 8.95. The van der Waals surface area contributed by atoms with Gasteiger partial charge in [0.15, 0.2) is 0 Å². The van der Waals surface area contributed by atoms with Gasteiger partial charge in [-0.3, -0.25) is 4.79 Å². The number of carbonyl (C=O) groups is 1. The first-order valence-electron chi connectivity index (χ1n) is 5.28. The Kier molecular flexibility index (Phi) is 4.07. The monoisotopic (exact) mass is 342 g/mol. The zero-order chi connectivity index (χ0) is 14.0. The van der Waals surface area contributed by atoms with Gasteiger partial charge in [-0.25, -0.2) is 4.39 Å². The molecule has 3 nitrogen and oxygen atoms in total. The van der Waals surface area contributed by atoms with E-state index in [2.05, 4.69) is 21.2 Å². The van der Waals surface area contributed by atoms with Crippen molar-refractivity contribution in [2.45, 2.75) is 0 Å². The molecule has 0 heterocycles. The number of rotatable bonds is 2. The highest BCUT2D eigenvalue weighted by molar-refractivity contribution is 9.10. The number of nitrogens with two attached hydrogens (primary N) is 1. The highest BCUT2D eigenvalue weighted by Crippen LogP contribution is 2.23. The largest absolute Gasteiger partial charge is 0.398 e. The minimum Gasteiger partial charge on any atom is -0.398 e. The van der Waals surface area contributed by atoms with Crippen LogP contribution >= 0.6 is 27.5 Å². The maximum atomic E-state index is 13.2. The quantitative estimate of drug-likeness (QED) is 0.807. The third-order valence-electron chi connectivity index (χ3n) is 2.38. The van der Waals surface area contributed by atoms with Crippen LogP contribution in [-0.2, 0) is 0 Å². The van der Waals surface area contributed by atoms with E-state index in [-0.39, 0.29) is 5.56 Å². The van der Waals surface area contributed by atoms with Crippen molar-refractivity contribution < 1.29 is 9.18 Å². The molecule has 2 aromatic rings. The normalized spacial score (nSPS) is 10.3. The van der Waals surface area contributed by atoms with Gasteiger partial charge in [0.25, 0.3) is 5.91 Å². The summed E-state index contributed by atoms with van der Waals surface area (Å²) in [5.41, 5.74) is 6.69. The van der Waals surface area contributed by atoms with Crippen LogP contribution in [0.3, 0.4) is 0 Å². The molecule has 0 radical (unpaired) electrons. The number of nitrogens with one attached hydrogen (secondary N) is 1. The fourth-order valence-electron chi connectivity index (χ4n) is 1.49. The van der Waals surface area contributed by atoms with Crippen molar-refractivity contribution in [3.8, 4) is 0 Å². The number of carbonyl (C=O) groups excluding carboxylic acids is 1. The average molecular weight is 344 g/mol. The number of hydrogen-bond donors (Lipinski definition) is 2. The molecule has 2 rings (SSSR count). The predicted molar refractivity (Wildman–Crippen MR) is 77.9 cm³/mol. The van der Waals surface area contributed by atoms with Gasteiger partial charge in [0.2, 0.25) is 0 Å². The second kappa shape index (κ2) is 5.59. The zero-order valence-electron chi connectivity index (χ0n) is 9.58. The van der Waals surface area contributed by atoms with Crippen LogP contribution in [0.2, 0.25) is 5.02 Å².